The third kappa shape index (κ3) is 5.42. The van der Waals surface area contributed by atoms with Gasteiger partial charge in [0.1, 0.15) is 18.3 Å². The minimum absolute atomic E-state index is 0.0409. The maximum Gasteiger partial charge on any atom is 0.280 e. The molecule has 3 saturated heterocycles. The summed E-state index contributed by atoms with van der Waals surface area (Å²) in [5.74, 6) is -0.971. The van der Waals surface area contributed by atoms with E-state index < -0.39 is 42.3 Å². The van der Waals surface area contributed by atoms with Crippen molar-refractivity contribution >= 4 is 22.9 Å². The molecule has 2 aromatic heterocycles. The van der Waals surface area contributed by atoms with E-state index in [0.29, 0.717) is 19.6 Å². The van der Waals surface area contributed by atoms with Gasteiger partial charge in [0.2, 0.25) is 11.7 Å². The van der Waals surface area contributed by atoms with Gasteiger partial charge in [0, 0.05) is 19.1 Å². The Labute approximate surface area is 213 Å². The van der Waals surface area contributed by atoms with Crippen molar-refractivity contribution in [1.82, 2.24) is 19.5 Å². The number of nitrogens with one attached hydrogen (secondary N) is 1. The van der Waals surface area contributed by atoms with Gasteiger partial charge in [-0.15, -0.1) is 0 Å². The van der Waals surface area contributed by atoms with E-state index in [2.05, 4.69) is 15.0 Å². The number of Topliss-reactive ketones (excluding diaryl/α,β-unsaturated/α-hetero) is 1. The quantitative estimate of drug-likeness (QED) is 0.427. The number of aromatic nitrogens is 4. The van der Waals surface area contributed by atoms with Crippen molar-refractivity contribution in [2.24, 2.45) is 5.92 Å². The van der Waals surface area contributed by atoms with Crippen molar-refractivity contribution in [3.8, 4) is 0 Å². The number of rotatable bonds is 8. The molecule has 0 aliphatic carbocycles. The number of hydrogen-bond donors (Lipinski definition) is 3. The van der Waals surface area contributed by atoms with Gasteiger partial charge in [-0.1, -0.05) is 13.8 Å². The number of carbonyl (C=O) groups is 1. The van der Waals surface area contributed by atoms with Gasteiger partial charge in [0.05, 0.1) is 6.61 Å². The standard InChI is InChI=1S/C24H35N5O8/c1-12(2)17(30)21-26-16-20(27-24(25)28-22(16)32)29(21)23-18(31)19(37-15-8-4-6-10-34-15)13(36-23)11-35-14-7-3-5-9-33-14/h12-15,18-19,23,31H,3-11H2,1-2H3,(H3,25,27,28,32)/t13-,14?,15?,18+,19-,23?/m1/s1. The third-order valence-electron chi connectivity index (χ3n) is 6.91. The number of carbonyl (C=O) groups excluding carboxylic acids is 1. The lowest BCUT2D eigenvalue weighted by Crippen LogP contribution is -2.42. The minimum atomic E-state index is -1.25. The molecule has 204 valence electrons. The monoisotopic (exact) mass is 521 g/mol. The molecule has 0 amide bonds. The van der Waals surface area contributed by atoms with Crippen LogP contribution in [0.4, 0.5) is 5.95 Å². The van der Waals surface area contributed by atoms with Crippen LogP contribution >= 0.6 is 0 Å². The first-order valence-corrected chi connectivity index (χ1v) is 13.0. The van der Waals surface area contributed by atoms with Crippen LogP contribution < -0.4 is 11.3 Å². The highest BCUT2D eigenvalue weighted by Gasteiger charge is 2.49. The summed E-state index contributed by atoms with van der Waals surface area (Å²) >= 11 is 0. The maximum absolute atomic E-state index is 13.1. The van der Waals surface area contributed by atoms with Crippen LogP contribution in [0.1, 0.15) is 69.2 Å². The molecule has 4 N–H and O–H groups in total. The second kappa shape index (κ2) is 11.1. The second-order valence-electron chi connectivity index (χ2n) is 10.0. The molecule has 0 spiro atoms. The summed E-state index contributed by atoms with van der Waals surface area (Å²) < 4.78 is 31.3. The van der Waals surface area contributed by atoms with Crippen LogP contribution in [0, 0.1) is 5.92 Å². The van der Waals surface area contributed by atoms with E-state index in [1.54, 1.807) is 13.8 Å². The molecule has 37 heavy (non-hydrogen) atoms. The van der Waals surface area contributed by atoms with E-state index in [1.165, 1.54) is 4.57 Å². The van der Waals surface area contributed by atoms with Crippen LogP contribution in [0.2, 0.25) is 0 Å². The highest BCUT2D eigenvalue weighted by Crippen LogP contribution is 2.36. The van der Waals surface area contributed by atoms with Crippen LogP contribution in [0.3, 0.4) is 0 Å². The molecular formula is C24H35N5O8. The Hall–Kier alpha value is -2.42. The summed E-state index contributed by atoms with van der Waals surface area (Å²) in [5, 5.41) is 11.5. The highest BCUT2D eigenvalue weighted by atomic mass is 16.7. The largest absolute Gasteiger partial charge is 0.386 e. The zero-order valence-corrected chi connectivity index (χ0v) is 21.1. The Morgan fingerprint density at radius 2 is 1.86 bits per heavy atom. The number of hydrogen-bond acceptors (Lipinski definition) is 11. The first-order valence-electron chi connectivity index (χ1n) is 13.0. The van der Waals surface area contributed by atoms with Gasteiger partial charge in [-0.05, 0) is 38.5 Å². The molecule has 3 unspecified atom stereocenters. The SMILES string of the molecule is CC(C)C(=O)c1nc2c(=O)[nH]c(N)nc2n1C1O[C@H](COC2CCCCO2)[C@@H](OC2CCCCO2)[C@@H]1O. The Bertz CT molecular complexity index is 1150. The summed E-state index contributed by atoms with van der Waals surface area (Å²) in [7, 11) is 0. The van der Waals surface area contributed by atoms with Gasteiger partial charge in [0.15, 0.2) is 35.8 Å². The van der Waals surface area contributed by atoms with Crippen molar-refractivity contribution in [2.75, 3.05) is 25.6 Å². The fourth-order valence-electron chi connectivity index (χ4n) is 4.95. The van der Waals surface area contributed by atoms with Crippen molar-refractivity contribution in [3.63, 3.8) is 0 Å². The Balaban J connectivity index is 1.49. The number of fused-ring (bicyclic) bond motifs is 1. The normalized spacial score (nSPS) is 30.8. The molecule has 5 heterocycles. The molecule has 3 fully saturated rings. The van der Waals surface area contributed by atoms with Gasteiger partial charge in [0.25, 0.3) is 5.56 Å². The molecule has 13 nitrogen and oxygen atoms in total. The van der Waals surface area contributed by atoms with E-state index in [4.69, 9.17) is 29.4 Å². The summed E-state index contributed by atoms with van der Waals surface area (Å²) in [4.78, 5) is 36.6. The third-order valence-corrected chi connectivity index (χ3v) is 6.91. The Morgan fingerprint density at radius 1 is 1.16 bits per heavy atom. The van der Waals surface area contributed by atoms with Crippen LogP contribution in [-0.2, 0) is 23.7 Å². The number of aliphatic hydroxyl groups excluding tert-OH is 1. The Kier molecular flexibility index (Phi) is 7.88. The molecule has 6 atom stereocenters. The van der Waals surface area contributed by atoms with Gasteiger partial charge >= 0.3 is 0 Å². The molecule has 3 aliphatic heterocycles. The fraction of sp³-hybridized carbons (Fsp3) is 0.750. The van der Waals surface area contributed by atoms with Crippen molar-refractivity contribution in [2.45, 2.75) is 89.5 Å². The Morgan fingerprint density at radius 3 is 2.51 bits per heavy atom. The average Bonchev–Trinajstić information content (AvgIpc) is 3.41. The van der Waals surface area contributed by atoms with Crippen molar-refractivity contribution in [3.05, 3.63) is 16.2 Å². The molecule has 0 bridgehead atoms. The van der Waals surface area contributed by atoms with Crippen LogP contribution in [-0.4, -0.2) is 81.1 Å². The van der Waals surface area contributed by atoms with Gasteiger partial charge in [-0.3, -0.25) is 19.1 Å². The topological polar surface area (TPSA) is 173 Å². The van der Waals surface area contributed by atoms with Gasteiger partial charge in [-0.25, -0.2) is 4.98 Å². The molecule has 5 rings (SSSR count). The number of imidazole rings is 1. The van der Waals surface area contributed by atoms with Gasteiger partial charge < -0.3 is 34.5 Å². The lowest BCUT2D eigenvalue weighted by atomic mass is 10.1. The zero-order valence-electron chi connectivity index (χ0n) is 21.1. The number of H-pyrrole nitrogens is 1. The lowest BCUT2D eigenvalue weighted by molar-refractivity contribution is -0.223. The fourth-order valence-corrected chi connectivity index (χ4v) is 4.95. The maximum atomic E-state index is 13.1. The van der Waals surface area contributed by atoms with Gasteiger partial charge in [-0.2, -0.15) is 4.98 Å². The molecular weight excluding hydrogens is 486 g/mol. The van der Waals surface area contributed by atoms with E-state index in [0.717, 1.165) is 32.1 Å². The number of aliphatic hydroxyl groups is 1. The van der Waals surface area contributed by atoms with E-state index in [9.17, 15) is 14.7 Å². The molecule has 13 heteroatoms. The zero-order chi connectivity index (χ0) is 26.1. The number of anilines is 1. The number of nitrogens with two attached hydrogens (primary N) is 1. The highest BCUT2D eigenvalue weighted by molar-refractivity contribution is 5.97. The first-order chi connectivity index (χ1) is 17.8. The smallest absolute Gasteiger partial charge is 0.280 e. The molecule has 0 radical (unpaired) electrons. The number of aromatic amines is 1. The number of ether oxygens (including phenoxy) is 5. The molecule has 0 saturated carbocycles. The van der Waals surface area contributed by atoms with Crippen LogP contribution in [0.5, 0.6) is 0 Å². The summed E-state index contributed by atoms with van der Waals surface area (Å²) in [6.07, 6.45) is 0.528. The van der Waals surface area contributed by atoms with E-state index in [-0.39, 0.29) is 41.6 Å². The first kappa shape index (κ1) is 26.2. The molecule has 0 aromatic carbocycles. The lowest BCUT2D eigenvalue weighted by Gasteiger charge is -2.30. The van der Waals surface area contributed by atoms with Crippen LogP contribution in [0.25, 0.3) is 11.2 Å². The van der Waals surface area contributed by atoms with Crippen molar-refractivity contribution in [1.29, 1.82) is 0 Å². The number of nitrogens with zero attached hydrogens (tertiary/aromatic N) is 3. The summed E-state index contributed by atoms with van der Waals surface area (Å²) in [5.41, 5.74) is 5.19. The molecule has 3 aliphatic rings. The van der Waals surface area contributed by atoms with E-state index >= 15 is 0 Å². The van der Waals surface area contributed by atoms with E-state index in [1.807, 2.05) is 0 Å². The molecule has 2 aromatic rings. The average molecular weight is 522 g/mol. The number of ketones is 1. The number of nitrogen functional groups attached to an aromatic ring is 1. The minimum Gasteiger partial charge on any atom is -0.386 e. The predicted molar refractivity (Wildman–Crippen MR) is 130 cm³/mol. The summed E-state index contributed by atoms with van der Waals surface area (Å²) in [6.45, 7) is 4.72. The predicted octanol–water partition coefficient (Wildman–Crippen LogP) is 1.25. The second-order valence-corrected chi connectivity index (χ2v) is 10.0. The summed E-state index contributed by atoms with van der Waals surface area (Å²) in [6, 6.07) is 0. The van der Waals surface area contributed by atoms with Crippen LogP contribution in [0.15, 0.2) is 4.79 Å². The van der Waals surface area contributed by atoms with Crippen molar-refractivity contribution < 1.29 is 33.6 Å².